The first-order valence-corrected chi connectivity index (χ1v) is 8.25. The summed E-state index contributed by atoms with van der Waals surface area (Å²) in [5.41, 5.74) is 7.24. The lowest BCUT2D eigenvalue weighted by Crippen LogP contribution is -2.39. The molecule has 1 saturated carbocycles. The Morgan fingerprint density at radius 1 is 1.40 bits per heavy atom. The topological polar surface area (TPSA) is 38.5 Å². The van der Waals surface area contributed by atoms with E-state index in [0.717, 1.165) is 29.9 Å². The summed E-state index contributed by atoms with van der Waals surface area (Å²) in [6.07, 6.45) is 3.88. The molecule has 0 aromatic heterocycles. The summed E-state index contributed by atoms with van der Waals surface area (Å²) in [6, 6.07) is 6.99. The number of methoxy groups -OCH3 is 1. The SMILES string of the molecule is CCN(Cc1ccc(OC)c(Br)c1)C1CCCC1CN. The van der Waals surface area contributed by atoms with Crippen molar-refractivity contribution in [1.29, 1.82) is 0 Å². The molecule has 4 heteroatoms. The van der Waals surface area contributed by atoms with Crippen LogP contribution in [-0.2, 0) is 6.54 Å². The van der Waals surface area contributed by atoms with E-state index in [2.05, 4.69) is 39.9 Å². The van der Waals surface area contributed by atoms with Gasteiger partial charge >= 0.3 is 0 Å². The van der Waals surface area contributed by atoms with Crippen molar-refractivity contribution in [2.24, 2.45) is 11.7 Å². The monoisotopic (exact) mass is 340 g/mol. The van der Waals surface area contributed by atoms with E-state index < -0.39 is 0 Å². The molecule has 0 bridgehead atoms. The van der Waals surface area contributed by atoms with Gasteiger partial charge in [0.15, 0.2) is 0 Å². The molecule has 0 aliphatic heterocycles. The minimum atomic E-state index is 0.644. The van der Waals surface area contributed by atoms with Crippen molar-refractivity contribution in [3.8, 4) is 5.75 Å². The van der Waals surface area contributed by atoms with E-state index in [1.165, 1.54) is 24.8 Å². The van der Waals surface area contributed by atoms with Crippen molar-refractivity contribution in [1.82, 2.24) is 4.90 Å². The van der Waals surface area contributed by atoms with Gasteiger partial charge < -0.3 is 10.5 Å². The third-order valence-corrected chi connectivity index (χ3v) is 5.02. The Labute approximate surface area is 130 Å². The highest BCUT2D eigenvalue weighted by Gasteiger charge is 2.30. The van der Waals surface area contributed by atoms with Crippen molar-refractivity contribution >= 4 is 15.9 Å². The lowest BCUT2D eigenvalue weighted by atomic mass is 10.0. The van der Waals surface area contributed by atoms with Crippen LogP contribution in [0.2, 0.25) is 0 Å². The molecule has 0 spiro atoms. The largest absolute Gasteiger partial charge is 0.496 e. The maximum Gasteiger partial charge on any atom is 0.133 e. The molecular weight excluding hydrogens is 316 g/mol. The molecule has 2 N–H and O–H groups in total. The highest BCUT2D eigenvalue weighted by atomic mass is 79.9. The van der Waals surface area contributed by atoms with Gasteiger partial charge in [-0.25, -0.2) is 0 Å². The minimum absolute atomic E-state index is 0.644. The molecule has 2 rings (SSSR count). The normalized spacial score (nSPS) is 22.4. The van der Waals surface area contributed by atoms with Crippen LogP contribution in [0.4, 0.5) is 0 Å². The van der Waals surface area contributed by atoms with Gasteiger partial charge in [0, 0.05) is 12.6 Å². The van der Waals surface area contributed by atoms with Crippen LogP contribution >= 0.6 is 15.9 Å². The average Bonchev–Trinajstić information content (AvgIpc) is 2.93. The first-order valence-electron chi connectivity index (χ1n) is 7.46. The predicted octanol–water partition coefficient (Wildman–Crippen LogP) is 3.41. The number of ether oxygens (including phenoxy) is 1. The molecule has 2 atom stereocenters. The van der Waals surface area contributed by atoms with Gasteiger partial charge in [-0.3, -0.25) is 4.90 Å². The Morgan fingerprint density at radius 2 is 2.20 bits per heavy atom. The molecule has 112 valence electrons. The van der Waals surface area contributed by atoms with E-state index in [-0.39, 0.29) is 0 Å². The lowest BCUT2D eigenvalue weighted by molar-refractivity contribution is 0.162. The summed E-state index contributed by atoms with van der Waals surface area (Å²) >= 11 is 3.56. The highest BCUT2D eigenvalue weighted by Crippen LogP contribution is 2.31. The molecule has 0 saturated heterocycles. The van der Waals surface area contributed by atoms with Crippen molar-refractivity contribution in [3.05, 3.63) is 28.2 Å². The Morgan fingerprint density at radius 3 is 2.80 bits per heavy atom. The summed E-state index contributed by atoms with van der Waals surface area (Å²) < 4.78 is 6.31. The fourth-order valence-electron chi connectivity index (χ4n) is 3.28. The Bertz CT molecular complexity index is 438. The fraction of sp³-hybridized carbons (Fsp3) is 0.625. The molecule has 1 aliphatic carbocycles. The third-order valence-electron chi connectivity index (χ3n) is 4.40. The molecule has 1 aromatic carbocycles. The first-order chi connectivity index (χ1) is 9.69. The number of nitrogens with zero attached hydrogens (tertiary/aromatic N) is 1. The quantitative estimate of drug-likeness (QED) is 0.862. The zero-order chi connectivity index (χ0) is 14.5. The van der Waals surface area contributed by atoms with Gasteiger partial charge in [-0.1, -0.05) is 19.4 Å². The summed E-state index contributed by atoms with van der Waals surface area (Å²) in [7, 11) is 1.70. The molecule has 1 aromatic rings. The zero-order valence-corrected chi connectivity index (χ0v) is 14.0. The maximum atomic E-state index is 5.92. The van der Waals surface area contributed by atoms with Crippen molar-refractivity contribution in [2.75, 3.05) is 20.2 Å². The molecule has 2 unspecified atom stereocenters. The molecule has 1 fully saturated rings. The first kappa shape index (κ1) is 15.8. The fourth-order valence-corrected chi connectivity index (χ4v) is 3.87. The van der Waals surface area contributed by atoms with Crippen LogP contribution in [0.3, 0.4) is 0 Å². The molecule has 0 radical (unpaired) electrons. The second-order valence-corrected chi connectivity index (χ2v) is 6.38. The van der Waals surface area contributed by atoms with Crippen LogP contribution < -0.4 is 10.5 Å². The third kappa shape index (κ3) is 3.54. The second kappa shape index (κ2) is 7.43. The van der Waals surface area contributed by atoms with E-state index in [1.54, 1.807) is 7.11 Å². The van der Waals surface area contributed by atoms with Gasteiger partial charge in [-0.05, 0) is 65.5 Å². The van der Waals surface area contributed by atoms with E-state index in [1.807, 2.05) is 6.07 Å². The van der Waals surface area contributed by atoms with Crippen LogP contribution in [-0.4, -0.2) is 31.1 Å². The Balaban J connectivity index is 2.08. The van der Waals surface area contributed by atoms with Gasteiger partial charge in [-0.2, -0.15) is 0 Å². The predicted molar refractivity (Wildman–Crippen MR) is 87.0 cm³/mol. The van der Waals surface area contributed by atoms with E-state index >= 15 is 0 Å². The minimum Gasteiger partial charge on any atom is -0.496 e. The van der Waals surface area contributed by atoms with Gasteiger partial charge in [0.2, 0.25) is 0 Å². The number of hydrogen-bond acceptors (Lipinski definition) is 3. The van der Waals surface area contributed by atoms with E-state index in [4.69, 9.17) is 10.5 Å². The van der Waals surface area contributed by atoms with E-state index in [9.17, 15) is 0 Å². The number of hydrogen-bond donors (Lipinski definition) is 1. The maximum absolute atomic E-state index is 5.92. The van der Waals surface area contributed by atoms with Crippen LogP contribution in [0.25, 0.3) is 0 Å². The highest BCUT2D eigenvalue weighted by molar-refractivity contribution is 9.10. The van der Waals surface area contributed by atoms with Gasteiger partial charge in [-0.15, -0.1) is 0 Å². The van der Waals surface area contributed by atoms with Crippen molar-refractivity contribution in [3.63, 3.8) is 0 Å². The molecule has 0 amide bonds. The van der Waals surface area contributed by atoms with Crippen LogP contribution in [0.15, 0.2) is 22.7 Å². The van der Waals surface area contributed by atoms with Crippen molar-refractivity contribution < 1.29 is 4.74 Å². The van der Waals surface area contributed by atoms with E-state index in [0.29, 0.717) is 12.0 Å². The summed E-state index contributed by atoms with van der Waals surface area (Å²) in [5.74, 6) is 1.55. The number of benzene rings is 1. The molecular formula is C16H25BrN2O. The molecule has 20 heavy (non-hydrogen) atoms. The van der Waals surface area contributed by atoms with Gasteiger partial charge in [0.05, 0.1) is 11.6 Å². The van der Waals surface area contributed by atoms with Crippen LogP contribution in [0.1, 0.15) is 31.7 Å². The smallest absolute Gasteiger partial charge is 0.133 e. The zero-order valence-electron chi connectivity index (χ0n) is 12.4. The second-order valence-electron chi connectivity index (χ2n) is 5.53. The Kier molecular flexibility index (Phi) is 5.87. The Hall–Kier alpha value is -0.580. The molecule has 1 aliphatic rings. The summed E-state index contributed by atoms with van der Waals surface area (Å²) in [4.78, 5) is 2.57. The standard InChI is InChI=1S/C16H25BrN2O/c1-3-19(15-6-4-5-13(15)10-18)11-12-7-8-16(20-2)14(17)9-12/h7-9,13,15H,3-6,10-11,18H2,1-2H3. The lowest BCUT2D eigenvalue weighted by Gasteiger charge is -2.32. The van der Waals surface area contributed by atoms with Gasteiger partial charge in [0.1, 0.15) is 5.75 Å². The van der Waals surface area contributed by atoms with Crippen molar-refractivity contribution in [2.45, 2.75) is 38.8 Å². The average molecular weight is 341 g/mol. The summed E-state index contributed by atoms with van der Waals surface area (Å²) in [6.45, 7) is 5.11. The number of halogens is 1. The molecule has 3 nitrogen and oxygen atoms in total. The number of rotatable bonds is 6. The summed E-state index contributed by atoms with van der Waals surface area (Å²) in [5, 5.41) is 0. The number of nitrogens with two attached hydrogens (primary N) is 1. The van der Waals surface area contributed by atoms with Crippen LogP contribution in [0, 0.1) is 5.92 Å². The molecule has 0 heterocycles. The van der Waals surface area contributed by atoms with Gasteiger partial charge in [0.25, 0.3) is 0 Å². The van der Waals surface area contributed by atoms with Crippen LogP contribution in [0.5, 0.6) is 5.75 Å².